The summed E-state index contributed by atoms with van der Waals surface area (Å²) < 4.78 is 28.1. The highest BCUT2D eigenvalue weighted by Crippen LogP contribution is 2.33. The number of sulfonamides is 1. The van der Waals surface area contributed by atoms with Gasteiger partial charge in [-0.3, -0.25) is 4.72 Å². The van der Waals surface area contributed by atoms with Gasteiger partial charge in [0.05, 0.1) is 15.7 Å². The van der Waals surface area contributed by atoms with Crippen LogP contribution in [0, 0.1) is 6.92 Å². The van der Waals surface area contributed by atoms with Crippen molar-refractivity contribution in [1.82, 2.24) is 0 Å². The Bertz CT molecular complexity index is 767. The summed E-state index contributed by atoms with van der Waals surface area (Å²) in [6.45, 7) is 1.85. The van der Waals surface area contributed by atoms with Gasteiger partial charge in [0.15, 0.2) is 0 Å². The van der Waals surface area contributed by atoms with Crippen LogP contribution in [0.1, 0.15) is 5.56 Å². The van der Waals surface area contributed by atoms with Gasteiger partial charge in [-0.15, -0.1) is 0 Å². The predicted molar refractivity (Wildman–Crippen MR) is 90.6 cm³/mol. The topological polar surface area (TPSA) is 72.2 Å². The van der Waals surface area contributed by atoms with Gasteiger partial charge in [0.2, 0.25) is 0 Å². The monoisotopic (exact) mass is 408 g/mol. The van der Waals surface area contributed by atoms with Gasteiger partial charge in [-0.05, 0) is 42.8 Å². The molecule has 0 amide bonds. The Balaban J connectivity index is 2.48. The van der Waals surface area contributed by atoms with E-state index in [0.717, 1.165) is 10.0 Å². The minimum absolute atomic E-state index is 0.0285. The Morgan fingerprint density at radius 3 is 2.19 bits per heavy atom. The summed E-state index contributed by atoms with van der Waals surface area (Å²) in [6.07, 6.45) is 0. The summed E-state index contributed by atoms with van der Waals surface area (Å²) in [6, 6.07) is 7.88. The maximum atomic E-state index is 12.4. The fourth-order valence-electron chi connectivity index (χ4n) is 1.84. The van der Waals surface area contributed by atoms with Crippen molar-refractivity contribution in [2.75, 3.05) is 10.5 Å². The molecule has 0 bridgehead atoms. The van der Waals surface area contributed by atoms with E-state index in [0.29, 0.717) is 11.4 Å². The Morgan fingerprint density at radius 1 is 1.10 bits per heavy atom. The van der Waals surface area contributed by atoms with E-state index in [1.165, 1.54) is 12.1 Å². The van der Waals surface area contributed by atoms with Crippen molar-refractivity contribution in [2.24, 2.45) is 0 Å². The Labute approximate surface area is 141 Å². The zero-order valence-corrected chi connectivity index (χ0v) is 14.7. The smallest absolute Gasteiger partial charge is 0.264 e. The van der Waals surface area contributed by atoms with Crippen LogP contribution in [0.3, 0.4) is 0 Å². The van der Waals surface area contributed by atoms with Crippen molar-refractivity contribution in [2.45, 2.75) is 11.8 Å². The number of rotatable bonds is 3. The fourth-order valence-corrected chi connectivity index (χ4v) is 4.72. The minimum Gasteiger partial charge on any atom is -0.399 e. The van der Waals surface area contributed by atoms with E-state index in [1.54, 1.807) is 12.1 Å². The van der Waals surface area contributed by atoms with Crippen LogP contribution in [0.15, 0.2) is 39.7 Å². The lowest BCUT2D eigenvalue weighted by atomic mass is 10.2. The number of benzene rings is 2. The molecule has 2 aromatic carbocycles. The summed E-state index contributed by atoms with van der Waals surface area (Å²) in [5.41, 5.74) is 7.18. The number of hydrogen-bond donors (Lipinski definition) is 2. The molecule has 0 saturated heterocycles. The molecule has 8 heteroatoms. The first kappa shape index (κ1) is 16.4. The maximum absolute atomic E-state index is 12.4. The normalized spacial score (nSPS) is 11.4. The maximum Gasteiger partial charge on any atom is 0.264 e. The first-order valence-electron chi connectivity index (χ1n) is 5.73. The molecule has 0 heterocycles. The fraction of sp³-hybridized carbons (Fsp3) is 0.0769. The molecule has 0 aliphatic heterocycles. The van der Waals surface area contributed by atoms with E-state index in [4.69, 9.17) is 28.9 Å². The second-order valence-corrected chi connectivity index (χ2v) is 7.79. The molecule has 4 nitrogen and oxygen atoms in total. The van der Waals surface area contributed by atoms with E-state index < -0.39 is 10.0 Å². The molecule has 2 rings (SSSR count). The summed E-state index contributed by atoms with van der Waals surface area (Å²) >= 11 is 15.2. The molecule has 0 atom stereocenters. The summed E-state index contributed by atoms with van der Waals surface area (Å²) in [5.74, 6) is 0. The zero-order valence-electron chi connectivity index (χ0n) is 10.8. The molecule has 0 aliphatic rings. The van der Waals surface area contributed by atoms with Crippen molar-refractivity contribution < 1.29 is 8.42 Å². The third kappa shape index (κ3) is 3.83. The molecule has 3 N–H and O–H groups in total. The van der Waals surface area contributed by atoms with Crippen molar-refractivity contribution in [3.05, 3.63) is 50.4 Å². The minimum atomic E-state index is -3.92. The van der Waals surface area contributed by atoms with Gasteiger partial charge >= 0.3 is 0 Å². The Hall–Kier alpha value is -0.950. The van der Waals surface area contributed by atoms with Crippen LogP contribution in [-0.2, 0) is 10.0 Å². The molecule has 112 valence electrons. The molecule has 0 saturated carbocycles. The number of anilines is 2. The third-order valence-corrected chi connectivity index (χ3v) is 5.34. The van der Waals surface area contributed by atoms with Gasteiger partial charge in [-0.25, -0.2) is 8.42 Å². The SMILES string of the molecule is Cc1cc(Br)cc(NS(=O)(=O)c2c(Cl)cc(N)cc2Cl)c1. The lowest BCUT2D eigenvalue weighted by molar-refractivity contribution is 0.601. The van der Waals surface area contributed by atoms with Gasteiger partial charge in [0.1, 0.15) is 4.90 Å². The average molecular weight is 410 g/mol. The van der Waals surface area contributed by atoms with Crippen LogP contribution < -0.4 is 10.5 Å². The van der Waals surface area contributed by atoms with E-state index in [9.17, 15) is 8.42 Å². The first-order chi connectivity index (χ1) is 9.69. The number of halogens is 3. The highest BCUT2D eigenvalue weighted by Gasteiger charge is 2.22. The number of nitrogens with one attached hydrogen (secondary N) is 1. The molecule has 0 radical (unpaired) electrons. The molecular weight excluding hydrogens is 399 g/mol. The highest BCUT2D eigenvalue weighted by atomic mass is 79.9. The molecule has 0 aliphatic carbocycles. The number of nitrogen functional groups attached to an aromatic ring is 1. The highest BCUT2D eigenvalue weighted by molar-refractivity contribution is 9.10. The van der Waals surface area contributed by atoms with Gasteiger partial charge < -0.3 is 5.73 Å². The van der Waals surface area contributed by atoms with Crippen LogP contribution in [-0.4, -0.2) is 8.42 Å². The molecule has 0 spiro atoms. The second-order valence-electron chi connectivity index (χ2n) is 4.44. The summed E-state index contributed by atoms with van der Waals surface area (Å²) in [4.78, 5) is -0.197. The zero-order chi connectivity index (χ0) is 15.8. The predicted octanol–water partition coefficient (Wildman–Crippen LogP) is 4.45. The van der Waals surface area contributed by atoms with Crippen LogP contribution in [0.4, 0.5) is 11.4 Å². The van der Waals surface area contributed by atoms with Gasteiger partial charge in [0, 0.05) is 10.2 Å². The van der Waals surface area contributed by atoms with Crippen LogP contribution in [0.25, 0.3) is 0 Å². The first-order valence-corrected chi connectivity index (χ1v) is 8.77. The molecule has 0 aromatic heterocycles. The van der Waals surface area contributed by atoms with Gasteiger partial charge in [-0.1, -0.05) is 39.1 Å². The molecule has 0 fully saturated rings. The van der Waals surface area contributed by atoms with Crippen molar-refractivity contribution in [1.29, 1.82) is 0 Å². The Morgan fingerprint density at radius 2 is 1.67 bits per heavy atom. The largest absolute Gasteiger partial charge is 0.399 e. The van der Waals surface area contributed by atoms with Gasteiger partial charge in [-0.2, -0.15) is 0 Å². The number of hydrogen-bond acceptors (Lipinski definition) is 3. The van der Waals surface area contributed by atoms with E-state index in [1.807, 2.05) is 13.0 Å². The lowest BCUT2D eigenvalue weighted by Crippen LogP contribution is -2.14. The third-order valence-electron chi connectivity index (χ3n) is 2.58. The van der Waals surface area contributed by atoms with Crippen LogP contribution in [0.2, 0.25) is 10.0 Å². The average Bonchev–Trinajstić information content (AvgIpc) is 2.23. The standard InChI is InChI=1S/C13H11BrCl2N2O2S/c1-7-2-8(14)4-10(3-7)18-21(19,20)13-11(15)5-9(17)6-12(13)16/h2-6,18H,17H2,1H3. The molecule has 0 unspecified atom stereocenters. The molecule has 2 aromatic rings. The van der Waals surface area contributed by atoms with E-state index in [-0.39, 0.29) is 14.9 Å². The Kier molecular flexibility index (Phi) is 4.72. The van der Waals surface area contributed by atoms with Gasteiger partial charge in [0.25, 0.3) is 10.0 Å². The van der Waals surface area contributed by atoms with Crippen molar-refractivity contribution in [3.63, 3.8) is 0 Å². The van der Waals surface area contributed by atoms with E-state index >= 15 is 0 Å². The van der Waals surface area contributed by atoms with Crippen molar-refractivity contribution >= 4 is 60.5 Å². The second kappa shape index (κ2) is 6.04. The van der Waals surface area contributed by atoms with E-state index in [2.05, 4.69) is 20.7 Å². The summed E-state index contributed by atoms with van der Waals surface area (Å²) in [5, 5.41) is -0.0570. The number of nitrogens with two attached hydrogens (primary N) is 1. The lowest BCUT2D eigenvalue weighted by Gasteiger charge is -2.12. The molecule has 21 heavy (non-hydrogen) atoms. The van der Waals surface area contributed by atoms with Crippen molar-refractivity contribution in [3.8, 4) is 0 Å². The number of aryl methyl sites for hydroxylation is 1. The van der Waals surface area contributed by atoms with Crippen LogP contribution in [0.5, 0.6) is 0 Å². The summed E-state index contributed by atoms with van der Waals surface area (Å²) in [7, 11) is -3.92. The molecular formula is C13H11BrCl2N2O2S. The van der Waals surface area contributed by atoms with Crippen LogP contribution >= 0.6 is 39.1 Å². The quantitative estimate of drug-likeness (QED) is 0.735.